The summed E-state index contributed by atoms with van der Waals surface area (Å²) in [4.78, 5) is 27.3. The van der Waals surface area contributed by atoms with Crippen LogP contribution in [0.1, 0.15) is 10.6 Å². The molecular weight excluding hydrogens is 401 g/mol. The summed E-state index contributed by atoms with van der Waals surface area (Å²) in [5, 5.41) is 2.61. The first kappa shape index (κ1) is 19.6. The van der Waals surface area contributed by atoms with Crippen LogP contribution in [0.4, 0.5) is 20.6 Å². The van der Waals surface area contributed by atoms with Gasteiger partial charge in [-0.3, -0.25) is 9.69 Å². The van der Waals surface area contributed by atoms with Crippen LogP contribution in [-0.2, 0) is 15.9 Å². The minimum absolute atomic E-state index is 0.0467. The predicted octanol–water partition coefficient (Wildman–Crippen LogP) is 1.54. The summed E-state index contributed by atoms with van der Waals surface area (Å²) < 4.78 is 36.3. The SMILES string of the molecule is O=C(NC[C@H]1CN(c2ccc(N3CC[S+]([O-])CC3)c(F)c2)C(=O)O1)c1[c]cco1. The molecule has 2 saturated heterocycles. The Morgan fingerprint density at radius 2 is 2.17 bits per heavy atom. The number of cyclic esters (lactones) is 1. The van der Waals surface area contributed by atoms with Gasteiger partial charge in [-0.05, 0) is 24.3 Å². The van der Waals surface area contributed by atoms with Crippen molar-refractivity contribution in [2.45, 2.75) is 6.10 Å². The third-order valence-electron chi connectivity index (χ3n) is 4.80. The highest BCUT2D eigenvalue weighted by molar-refractivity contribution is 7.91. The van der Waals surface area contributed by atoms with E-state index in [1.807, 2.05) is 4.90 Å². The van der Waals surface area contributed by atoms with Crippen LogP contribution in [0.3, 0.4) is 0 Å². The van der Waals surface area contributed by atoms with Crippen LogP contribution in [0.25, 0.3) is 0 Å². The van der Waals surface area contributed by atoms with Gasteiger partial charge in [0.25, 0.3) is 5.91 Å². The van der Waals surface area contributed by atoms with E-state index in [-0.39, 0.29) is 18.8 Å². The zero-order valence-corrected chi connectivity index (χ0v) is 16.2. The fourth-order valence-corrected chi connectivity index (χ4v) is 4.34. The lowest BCUT2D eigenvalue weighted by Crippen LogP contribution is -2.40. The van der Waals surface area contributed by atoms with E-state index < -0.39 is 35.1 Å². The molecule has 0 spiro atoms. The summed E-state index contributed by atoms with van der Waals surface area (Å²) in [5.74, 6) is 0.173. The van der Waals surface area contributed by atoms with E-state index in [1.165, 1.54) is 23.3 Å². The minimum Gasteiger partial charge on any atom is -0.616 e. The number of furan rings is 1. The second kappa shape index (κ2) is 8.34. The number of halogens is 1. The molecule has 2 aliphatic heterocycles. The Balaban J connectivity index is 1.37. The van der Waals surface area contributed by atoms with Crippen molar-refractivity contribution < 1.29 is 27.7 Å². The number of amides is 2. The molecule has 153 valence electrons. The van der Waals surface area contributed by atoms with E-state index in [0.29, 0.717) is 36.0 Å². The monoisotopic (exact) mass is 420 g/mol. The summed E-state index contributed by atoms with van der Waals surface area (Å²) in [7, 11) is 0. The van der Waals surface area contributed by atoms with Crippen molar-refractivity contribution in [3.05, 3.63) is 48.2 Å². The molecule has 3 heterocycles. The fraction of sp³-hybridized carbons (Fsp3) is 0.368. The fourth-order valence-electron chi connectivity index (χ4n) is 3.29. The normalized spacial score (nSPS) is 20.1. The molecule has 1 aromatic heterocycles. The smallest absolute Gasteiger partial charge is 0.414 e. The Morgan fingerprint density at radius 1 is 1.38 bits per heavy atom. The predicted molar refractivity (Wildman–Crippen MR) is 104 cm³/mol. The van der Waals surface area contributed by atoms with Crippen LogP contribution >= 0.6 is 0 Å². The number of anilines is 2. The first-order chi connectivity index (χ1) is 14.0. The molecule has 2 aromatic rings. The number of carbonyl (C=O) groups excluding carboxylic acids is 2. The molecule has 2 fully saturated rings. The molecule has 1 N–H and O–H groups in total. The van der Waals surface area contributed by atoms with E-state index in [4.69, 9.17) is 9.15 Å². The maximum atomic E-state index is 14.7. The van der Waals surface area contributed by atoms with Gasteiger partial charge in [-0.1, -0.05) is 11.2 Å². The number of nitrogens with zero attached hydrogens (tertiary/aromatic N) is 2. The number of benzene rings is 1. The maximum absolute atomic E-state index is 14.7. The van der Waals surface area contributed by atoms with E-state index in [0.717, 1.165) is 0 Å². The highest BCUT2D eigenvalue weighted by Crippen LogP contribution is 2.28. The first-order valence-electron chi connectivity index (χ1n) is 9.12. The molecule has 29 heavy (non-hydrogen) atoms. The van der Waals surface area contributed by atoms with Gasteiger partial charge in [0.1, 0.15) is 23.4 Å². The number of carbonyl (C=O) groups is 2. The molecule has 2 amide bonds. The second-order valence-corrected chi connectivity index (χ2v) is 8.39. The molecule has 10 heteroatoms. The average molecular weight is 420 g/mol. The quantitative estimate of drug-likeness (QED) is 0.737. The molecule has 1 aromatic carbocycles. The summed E-state index contributed by atoms with van der Waals surface area (Å²) in [6.45, 7) is 1.34. The van der Waals surface area contributed by atoms with Crippen molar-refractivity contribution in [2.75, 3.05) is 47.5 Å². The number of nitrogens with one attached hydrogen (secondary N) is 1. The second-order valence-electron chi connectivity index (χ2n) is 6.69. The summed E-state index contributed by atoms with van der Waals surface area (Å²) >= 11 is -0.843. The lowest BCUT2D eigenvalue weighted by atomic mass is 10.2. The summed E-state index contributed by atoms with van der Waals surface area (Å²) in [6, 6.07) is 8.69. The molecule has 1 atom stereocenters. The lowest BCUT2D eigenvalue weighted by molar-refractivity contribution is 0.0889. The first-order valence-corrected chi connectivity index (χ1v) is 10.6. The lowest BCUT2D eigenvalue weighted by Gasteiger charge is -2.30. The van der Waals surface area contributed by atoms with Gasteiger partial charge in [0.15, 0.2) is 5.76 Å². The summed E-state index contributed by atoms with van der Waals surface area (Å²) in [6.07, 6.45) is 0.170. The van der Waals surface area contributed by atoms with Gasteiger partial charge in [-0.25, -0.2) is 9.18 Å². The van der Waals surface area contributed by atoms with E-state index in [2.05, 4.69) is 11.4 Å². The number of rotatable bonds is 5. The van der Waals surface area contributed by atoms with Gasteiger partial charge in [0, 0.05) is 6.07 Å². The number of hydrogen-bond donors (Lipinski definition) is 1. The molecule has 0 saturated carbocycles. The van der Waals surface area contributed by atoms with Crippen molar-refractivity contribution in [2.24, 2.45) is 0 Å². The van der Waals surface area contributed by atoms with Crippen LogP contribution in [0.5, 0.6) is 0 Å². The highest BCUT2D eigenvalue weighted by atomic mass is 32.2. The van der Waals surface area contributed by atoms with Gasteiger partial charge in [-0.15, -0.1) is 0 Å². The molecule has 8 nitrogen and oxygen atoms in total. The molecule has 2 aliphatic rings. The standard InChI is InChI=1S/C19H19FN3O5S/c20-15-10-13(3-4-16(15)22-5-8-29(26)9-6-22)23-12-14(28-19(23)25)11-21-18(24)17-2-1-7-27-17/h1,3-4,7,10,14H,5-6,8-9,11-12H2,(H,21,24)/t14-/m0/s1. The number of hydrogen-bond acceptors (Lipinski definition) is 6. The van der Waals surface area contributed by atoms with Gasteiger partial charge in [-0.2, -0.15) is 0 Å². The molecule has 0 bridgehead atoms. The largest absolute Gasteiger partial charge is 0.616 e. The van der Waals surface area contributed by atoms with Gasteiger partial charge in [0.05, 0.1) is 43.8 Å². The zero-order valence-electron chi connectivity index (χ0n) is 15.4. The molecule has 1 radical (unpaired) electrons. The Morgan fingerprint density at radius 3 is 2.86 bits per heavy atom. The Labute approximate surface area is 169 Å². The summed E-state index contributed by atoms with van der Waals surface area (Å²) in [5.41, 5.74) is 0.807. The maximum Gasteiger partial charge on any atom is 0.414 e. The van der Waals surface area contributed by atoms with E-state index in [1.54, 1.807) is 12.1 Å². The third kappa shape index (κ3) is 4.33. The minimum atomic E-state index is -0.843. The van der Waals surface area contributed by atoms with Crippen LogP contribution < -0.4 is 15.1 Å². The van der Waals surface area contributed by atoms with Crippen molar-refractivity contribution in [3.8, 4) is 0 Å². The van der Waals surface area contributed by atoms with Crippen molar-refractivity contribution in [1.82, 2.24) is 5.32 Å². The van der Waals surface area contributed by atoms with E-state index >= 15 is 0 Å². The van der Waals surface area contributed by atoms with Gasteiger partial charge in [0.2, 0.25) is 0 Å². The van der Waals surface area contributed by atoms with E-state index in [9.17, 15) is 18.5 Å². The molecule has 4 rings (SSSR count). The van der Waals surface area contributed by atoms with Crippen LogP contribution in [0.2, 0.25) is 0 Å². The average Bonchev–Trinajstić information content (AvgIpc) is 3.37. The molecular formula is C19H19FN3O5S. The van der Waals surface area contributed by atoms with Crippen molar-refractivity contribution in [1.29, 1.82) is 0 Å². The van der Waals surface area contributed by atoms with Crippen molar-refractivity contribution in [3.63, 3.8) is 0 Å². The van der Waals surface area contributed by atoms with Gasteiger partial charge < -0.3 is 23.9 Å². The Hall–Kier alpha value is -2.72. The Kier molecular flexibility index (Phi) is 5.63. The highest BCUT2D eigenvalue weighted by Gasteiger charge is 2.33. The Bertz CT molecular complexity index is 886. The van der Waals surface area contributed by atoms with Crippen LogP contribution in [0.15, 0.2) is 34.9 Å². The number of ether oxygens (including phenoxy) is 1. The van der Waals surface area contributed by atoms with Crippen molar-refractivity contribution >= 4 is 34.6 Å². The molecule has 0 aliphatic carbocycles. The third-order valence-corrected chi connectivity index (χ3v) is 6.08. The zero-order chi connectivity index (χ0) is 20.4. The van der Waals surface area contributed by atoms with Gasteiger partial charge >= 0.3 is 6.09 Å². The topological polar surface area (TPSA) is 98.1 Å². The molecule has 0 unspecified atom stereocenters. The van der Waals surface area contributed by atoms with Crippen LogP contribution in [-0.4, -0.2) is 60.3 Å². The van der Waals surface area contributed by atoms with Crippen LogP contribution in [0, 0.1) is 11.9 Å².